The third-order valence-corrected chi connectivity index (χ3v) is 6.06. The minimum atomic E-state index is -0.0729. The topological polar surface area (TPSA) is 45.8 Å². The summed E-state index contributed by atoms with van der Waals surface area (Å²) in [6, 6.07) is 1.98. The van der Waals surface area contributed by atoms with E-state index in [0.717, 1.165) is 35.0 Å². The lowest BCUT2D eigenvalue weighted by atomic mass is 9.97. The van der Waals surface area contributed by atoms with Gasteiger partial charge in [0.05, 0.1) is 10.4 Å². The molecule has 4 rings (SSSR count). The molecule has 6 heteroatoms. The first-order valence-corrected chi connectivity index (χ1v) is 9.30. The van der Waals surface area contributed by atoms with E-state index in [0.29, 0.717) is 10.9 Å². The molecule has 1 N–H and O–H groups in total. The fraction of sp³-hybridized carbons (Fsp3) is 0.250. The highest BCUT2D eigenvalue weighted by molar-refractivity contribution is 7.18. The molecule has 3 aromatic heterocycles. The Morgan fingerprint density at radius 2 is 2.23 bits per heavy atom. The molecule has 0 atom stereocenters. The summed E-state index contributed by atoms with van der Waals surface area (Å²) in [6.07, 6.45) is 6.22. The maximum absolute atomic E-state index is 12.5. The van der Waals surface area contributed by atoms with Gasteiger partial charge in [-0.25, -0.2) is 4.98 Å². The minimum absolute atomic E-state index is 0.0729. The second-order valence-corrected chi connectivity index (χ2v) is 7.63. The fourth-order valence-electron chi connectivity index (χ4n) is 2.85. The van der Waals surface area contributed by atoms with E-state index in [1.807, 2.05) is 22.9 Å². The van der Waals surface area contributed by atoms with Crippen LogP contribution in [0.3, 0.4) is 0 Å². The van der Waals surface area contributed by atoms with Gasteiger partial charge < -0.3 is 4.98 Å². The van der Waals surface area contributed by atoms with Gasteiger partial charge in [0.15, 0.2) is 5.82 Å². The molecule has 3 aromatic rings. The predicted molar refractivity (Wildman–Crippen MR) is 94.9 cm³/mol. The van der Waals surface area contributed by atoms with Crippen molar-refractivity contribution in [2.75, 3.05) is 0 Å². The molecule has 112 valence electrons. The van der Waals surface area contributed by atoms with Crippen LogP contribution in [0.25, 0.3) is 21.3 Å². The molecule has 0 fully saturated rings. The Hall–Kier alpha value is -1.43. The highest BCUT2D eigenvalue weighted by atomic mass is 35.5. The average molecular weight is 349 g/mol. The number of halogens is 1. The van der Waals surface area contributed by atoms with Crippen molar-refractivity contribution in [2.24, 2.45) is 0 Å². The summed E-state index contributed by atoms with van der Waals surface area (Å²) in [5.74, 6) is 0.448. The summed E-state index contributed by atoms with van der Waals surface area (Å²) in [6.45, 7) is 0. The Kier molecular flexibility index (Phi) is 3.64. The van der Waals surface area contributed by atoms with E-state index in [-0.39, 0.29) is 5.56 Å². The Labute approximate surface area is 140 Å². The zero-order valence-electron chi connectivity index (χ0n) is 11.7. The monoisotopic (exact) mass is 348 g/mol. The molecule has 0 aromatic carbocycles. The van der Waals surface area contributed by atoms with Gasteiger partial charge in [0.1, 0.15) is 4.83 Å². The molecule has 22 heavy (non-hydrogen) atoms. The van der Waals surface area contributed by atoms with Gasteiger partial charge in [0.25, 0.3) is 5.56 Å². The lowest BCUT2D eigenvalue weighted by Crippen LogP contribution is -2.12. The number of hydrogen-bond acceptors (Lipinski definition) is 4. The van der Waals surface area contributed by atoms with Crippen LogP contribution in [0.4, 0.5) is 0 Å². The SMILES string of the molecule is O=c1[nH]c(/C(Cl)=C/c2ccsc2)nc2sc3c(c12)CCCC3. The van der Waals surface area contributed by atoms with Crippen LogP contribution in [0.2, 0.25) is 0 Å². The lowest BCUT2D eigenvalue weighted by Gasteiger charge is -2.09. The van der Waals surface area contributed by atoms with Crippen LogP contribution in [0.5, 0.6) is 0 Å². The molecule has 0 radical (unpaired) electrons. The molecule has 0 saturated heterocycles. The number of nitrogens with zero attached hydrogens (tertiary/aromatic N) is 1. The van der Waals surface area contributed by atoms with Gasteiger partial charge in [0.2, 0.25) is 0 Å². The van der Waals surface area contributed by atoms with Crippen LogP contribution in [0.1, 0.15) is 34.7 Å². The molecule has 0 aliphatic heterocycles. The molecule has 0 spiro atoms. The smallest absolute Gasteiger partial charge is 0.260 e. The zero-order chi connectivity index (χ0) is 15.1. The van der Waals surface area contributed by atoms with E-state index >= 15 is 0 Å². The van der Waals surface area contributed by atoms with Crippen LogP contribution in [0.15, 0.2) is 21.6 Å². The largest absolute Gasteiger partial charge is 0.305 e. The molecule has 0 saturated carbocycles. The van der Waals surface area contributed by atoms with E-state index in [1.54, 1.807) is 22.7 Å². The van der Waals surface area contributed by atoms with E-state index in [9.17, 15) is 4.79 Å². The quantitative estimate of drug-likeness (QED) is 0.732. The number of nitrogens with one attached hydrogen (secondary N) is 1. The number of aromatic nitrogens is 2. The Morgan fingerprint density at radius 1 is 1.36 bits per heavy atom. The normalized spacial score (nSPS) is 15.2. The second-order valence-electron chi connectivity index (χ2n) is 5.35. The third-order valence-electron chi connectivity index (χ3n) is 3.89. The molecule has 0 amide bonds. The lowest BCUT2D eigenvalue weighted by molar-refractivity contribution is 0.700. The second kappa shape index (κ2) is 5.65. The molecular weight excluding hydrogens is 336 g/mol. The van der Waals surface area contributed by atoms with Crippen molar-refractivity contribution in [3.8, 4) is 0 Å². The van der Waals surface area contributed by atoms with E-state index in [1.165, 1.54) is 16.9 Å². The average Bonchev–Trinajstić information content (AvgIpc) is 3.13. The van der Waals surface area contributed by atoms with Crippen LogP contribution in [-0.4, -0.2) is 9.97 Å². The number of fused-ring (bicyclic) bond motifs is 3. The first-order chi connectivity index (χ1) is 10.7. The van der Waals surface area contributed by atoms with Crippen molar-refractivity contribution in [3.63, 3.8) is 0 Å². The van der Waals surface area contributed by atoms with Gasteiger partial charge >= 0.3 is 0 Å². The molecule has 0 bridgehead atoms. The Bertz CT molecular complexity index is 922. The number of aryl methyl sites for hydroxylation is 2. The number of H-pyrrole nitrogens is 1. The van der Waals surface area contributed by atoms with Crippen molar-refractivity contribution in [2.45, 2.75) is 25.7 Å². The number of rotatable bonds is 2. The van der Waals surface area contributed by atoms with E-state index in [4.69, 9.17) is 11.6 Å². The molecule has 1 aliphatic carbocycles. The van der Waals surface area contributed by atoms with Gasteiger partial charge in [-0.05, 0) is 59.7 Å². The summed E-state index contributed by atoms with van der Waals surface area (Å²) in [4.78, 5) is 22.0. The van der Waals surface area contributed by atoms with Crippen LogP contribution < -0.4 is 5.56 Å². The standard InChI is InChI=1S/C16H13ClN2OS2/c17-11(7-9-5-6-21-8-9)14-18-15(20)13-10-3-1-2-4-12(10)22-16(13)19-14/h5-8H,1-4H2,(H,18,19,20)/b11-7-. The van der Waals surface area contributed by atoms with Crippen molar-refractivity contribution in [1.82, 2.24) is 9.97 Å². The van der Waals surface area contributed by atoms with Crippen LogP contribution >= 0.6 is 34.3 Å². The summed E-state index contributed by atoms with van der Waals surface area (Å²) in [5.41, 5.74) is 2.14. The van der Waals surface area contributed by atoms with Crippen LogP contribution in [-0.2, 0) is 12.8 Å². The predicted octanol–water partition coefficient (Wildman–Crippen LogP) is 4.66. The number of hydrogen-bond donors (Lipinski definition) is 1. The van der Waals surface area contributed by atoms with Crippen molar-refractivity contribution >= 4 is 55.6 Å². The highest BCUT2D eigenvalue weighted by Crippen LogP contribution is 2.34. The first kappa shape index (κ1) is 14.2. The highest BCUT2D eigenvalue weighted by Gasteiger charge is 2.20. The van der Waals surface area contributed by atoms with Crippen molar-refractivity contribution in [3.05, 3.63) is 49.0 Å². The first-order valence-electron chi connectivity index (χ1n) is 7.17. The zero-order valence-corrected chi connectivity index (χ0v) is 14.1. The van der Waals surface area contributed by atoms with Crippen molar-refractivity contribution in [1.29, 1.82) is 0 Å². The summed E-state index contributed by atoms with van der Waals surface area (Å²) in [5, 5.41) is 5.22. The Morgan fingerprint density at radius 3 is 3.05 bits per heavy atom. The Balaban J connectivity index is 1.85. The molecule has 3 nitrogen and oxygen atoms in total. The number of thiophene rings is 2. The number of aromatic amines is 1. The van der Waals surface area contributed by atoms with Crippen LogP contribution in [0, 0.1) is 0 Å². The summed E-state index contributed by atoms with van der Waals surface area (Å²) in [7, 11) is 0. The summed E-state index contributed by atoms with van der Waals surface area (Å²) < 4.78 is 0. The maximum Gasteiger partial charge on any atom is 0.260 e. The molecule has 3 heterocycles. The molecule has 1 aliphatic rings. The van der Waals surface area contributed by atoms with E-state index < -0.39 is 0 Å². The fourth-order valence-corrected chi connectivity index (χ4v) is 4.94. The van der Waals surface area contributed by atoms with Crippen molar-refractivity contribution < 1.29 is 0 Å². The molecular formula is C16H13ClN2OS2. The minimum Gasteiger partial charge on any atom is -0.305 e. The maximum atomic E-state index is 12.5. The van der Waals surface area contributed by atoms with Gasteiger partial charge in [-0.2, -0.15) is 11.3 Å². The van der Waals surface area contributed by atoms with Gasteiger partial charge in [-0.15, -0.1) is 11.3 Å². The molecule has 0 unspecified atom stereocenters. The third kappa shape index (κ3) is 2.43. The van der Waals surface area contributed by atoms with Gasteiger partial charge in [-0.1, -0.05) is 11.6 Å². The van der Waals surface area contributed by atoms with Gasteiger partial charge in [0, 0.05) is 4.88 Å². The summed E-state index contributed by atoms with van der Waals surface area (Å²) >= 11 is 9.58. The van der Waals surface area contributed by atoms with Gasteiger partial charge in [-0.3, -0.25) is 4.79 Å². The van der Waals surface area contributed by atoms with E-state index in [2.05, 4.69) is 9.97 Å².